The number of benzene rings is 1. The molecule has 1 aliphatic rings. The van der Waals surface area contributed by atoms with Crippen molar-refractivity contribution in [3.8, 4) is 5.75 Å². The molecular formula is C24H24N4O4S3. The maximum atomic E-state index is 14.1. The molecule has 0 spiro atoms. The van der Waals surface area contributed by atoms with Gasteiger partial charge in [-0.15, -0.1) is 11.3 Å². The van der Waals surface area contributed by atoms with Crippen molar-refractivity contribution in [2.45, 2.75) is 36.1 Å². The van der Waals surface area contributed by atoms with Gasteiger partial charge in [0.2, 0.25) is 5.91 Å². The van der Waals surface area contributed by atoms with Crippen molar-refractivity contribution in [2.75, 3.05) is 18.6 Å². The number of sulfonamides is 1. The van der Waals surface area contributed by atoms with Crippen LogP contribution < -0.4 is 9.64 Å². The molecule has 4 aromatic rings. The molecule has 35 heavy (non-hydrogen) atoms. The lowest BCUT2D eigenvalue weighted by molar-refractivity contribution is -0.123. The van der Waals surface area contributed by atoms with E-state index in [2.05, 4.69) is 4.98 Å². The van der Waals surface area contributed by atoms with Crippen molar-refractivity contribution in [1.82, 2.24) is 14.3 Å². The summed E-state index contributed by atoms with van der Waals surface area (Å²) in [5.74, 6) is 0.388. The number of thiazole rings is 1. The SMILES string of the molecule is COc1ccc2sc(N(Cc3ccccn3)C(=O)C3CCCCN3S(=O)(=O)c3cccs3)nc2c1. The fourth-order valence-electron chi connectivity index (χ4n) is 4.18. The van der Waals surface area contributed by atoms with E-state index in [0.29, 0.717) is 29.5 Å². The highest BCUT2D eigenvalue weighted by atomic mass is 32.2. The van der Waals surface area contributed by atoms with Gasteiger partial charge in [-0.05, 0) is 48.6 Å². The second kappa shape index (κ2) is 10.0. The standard InChI is InChI=1S/C24H24N4O4S3/c1-32-18-10-11-21-19(15-18)26-24(34-21)27(16-17-7-2-4-12-25-17)23(29)20-8-3-5-13-28(20)35(30,31)22-9-6-14-33-22/h2,4,6-7,9-12,14-15,20H,3,5,8,13,16H2,1H3. The molecular weight excluding hydrogens is 504 g/mol. The summed E-state index contributed by atoms with van der Waals surface area (Å²) in [7, 11) is -2.19. The Morgan fingerprint density at radius 2 is 2.09 bits per heavy atom. The second-order valence-corrected chi connectivity index (χ2v) is 12.2. The molecule has 0 saturated carbocycles. The number of amides is 1. The number of carbonyl (C=O) groups excluding carboxylic acids is 1. The summed E-state index contributed by atoms with van der Waals surface area (Å²) in [5.41, 5.74) is 1.41. The zero-order chi connectivity index (χ0) is 24.4. The zero-order valence-electron chi connectivity index (χ0n) is 19.0. The van der Waals surface area contributed by atoms with Gasteiger partial charge in [0.25, 0.3) is 10.0 Å². The van der Waals surface area contributed by atoms with Crippen molar-refractivity contribution < 1.29 is 17.9 Å². The highest BCUT2D eigenvalue weighted by Gasteiger charge is 2.41. The summed E-state index contributed by atoms with van der Waals surface area (Å²) in [6.07, 6.45) is 3.63. The van der Waals surface area contributed by atoms with Crippen LogP contribution in [-0.2, 0) is 21.4 Å². The van der Waals surface area contributed by atoms with E-state index in [0.717, 1.165) is 34.4 Å². The van der Waals surface area contributed by atoms with Gasteiger partial charge in [-0.1, -0.05) is 29.9 Å². The molecule has 1 saturated heterocycles. The Morgan fingerprint density at radius 3 is 2.83 bits per heavy atom. The predicted molar refractivity (Wildman–Crippen MR) is 137 cm³/mol. The predicted octanol–water partition coefficient (Wildman–Crippen LogP) is 4.54. The lowest BCUT2D eigenvalue weighted by Crippen LogP contribution is -2.52. The van der Waals surface area contributed by atoms with E-state index in [4.69, 9.17) is 9.72 Å². The van der Waals surface area contributed by atoms with Crippen LogP contribution in [0.3, 0.4) is 0 Å². The molecule has 11 heteroatoms. The molecule has 1 amide bonds. The summed E-state index contributed by atoms with van der Waals surface area (Å²) in [5, 5.41) is 2.24. The molecule has 0 bridgehead atoms. The van der Waals surface area contributed by atoms with E-state index >= 15 is 0 Å². The summed E-state index contributed by atoms with van der Waals surface area (Å²) in [6, 6.07) is 13.6. The minimum absolute atomic E-state index is 0.194. The molecule has 5 rings (SSSR count). The third-order valence-corrected chi connectivity index (χ3v) is 10.3. The van der Waals surface area contributed by atoms with Gasteiger partial charge in [-0.25, -0.2) is 13.4 Å². The summed E-state index contributed by atoms with van der Waals surface area (Å²) in [6.45, 7) is 0.505. The van der Waals surface area contributed by atoms with Crippen molar-refractivity contribution in [1.29, 1.82) is 0 Å². The number of piperidine rings is 1. The first-order chi connectivity index (χ1) is 17.0. The highest BCUT2D eigenvalue weighted by molar-refractivity contribution is 7.91. The van der Waals surface area contributed by atoms with Gasteiger partial charge >= 0.3 is 0 Å². The van der Waals surface area contributed by atoms with Gasteiger partial charge in [0.15, 0.2) is 5.13 Å². The normalized spacial score (nSPS) is 16.9. The average molecular weight is 529 g/mol. The van der Waals surface area contributed by atoms with Gasteiger partial charge in [-0.2, -0.15) is 4.31 Å². The van der Waals surface area contributed by atoms with Crippen LogP contribution in [0.2, 0.25) is 0 Å². The molecule has 0 radical (unpaired) electrons. The van der Waals surface area contributed by atoms with E-state index in [1.54, 1.807) is 35.7 Å². The number of fused-ring (bicyclic) bond motifs is 1. The van der Waals surface area contributed by atoms with E-state index < -0.39 is 16.1 Å². The monoisotopic (exact) mass is 528 g/mol. The molecule has 0 aliphatic carbocycles. The molecule has 1 unspecified atom stereocenters. The van der Waals surface area contributed by atoms with Gasteiger partial charge in [0, 0.05) is 18.8 Å². The summed E-state index contributed by atoms with van der Waals surface area (Å²) in [4.78, 5) is 24.8. The highest BCUT2D eigenvalue weighted by Crippen LogP contribution is 2.34. The van der Waals surface area contributed by atoms with Gasteiger partial charge in [0.05, 0.1) is 29.6 Å². The smallest absolute Gasteiger partial charge is 0.253 e. The Kier molecular flexibility index (Phi) is 6.83. The number of nitrogens with zero attached hydrogens (tertiary/aromatic N) is 4. The fourth-order valence-corrected chi connectivity index (χ4v) is 7.90. The van der Waals surface area contributed by atoms with E-state index in [1.165, 1.54) is 15.6 Å². The molecule has 3 aromatic heterocycles. The Morgan fingerprint density at radius 1 is 1.20 bits per heavy atom. The Hall–Kier alpha value is -2.86. The van der Waals surface area contributed by atoms with Crippen LogP contribution >= 0.6 is 22.7 Å². The van der Waals surface area contributed by atoms with Gasteiger partial charge in [-0.3, -0.25) is 14.7 Å². The van der Waals surface area contributed by atoms with Crippen LogP contribution in [0.25, 0.3) is 10.2 Å². The summed E-state index contributed by atoms with van der Waals surface area (Å²) >= 11 is 2.55. The quantitative estimate of drug-likeness (QED) is 0.350. The van der Waals surface area contributed by atoms with Gasteiger partial charge < -0.3 is 4.74 Å². The van der Waals surface area contributed by atoms with Crippen molar-refractivity contribution >= 4 is 54.0 Å². The summed E-state index contributed by atoms with van der Waals surface area (Å²) < 4.78 is 34.7. The molecule has 1 fully saturated rings. The minimum Gasteiger partial charge on any atom is -0.497 e. The molecule has 1 aromatic carbocycles. The Bertz CT molecular complexity index is 1420. The number of hydrogen-bond acceptors (Lipinski definition) is 8. The van der Waals surface area contributed by atoms with Crippen LogP contribution in [0.15, 0.2) is 64.3 Å². The number of rotatable bonds is 7. The van der Waals surface area contributed by atoms with Crippen molar-refractivity contribution in [3.05, 3.63) is 65.8 Å². The molecule has 4 heterocycles. The first-order valence-corrected chi connectivity index (χ1v) is 14.3. The minimum atomic E-state index is -3.78. The second-order valence-electron chi connectivity index (χ2n) is 8.13. The maximum Gasteiger partial charge on any atom is 0.253 e. The van der Waals surface area contributed by atoms with Crippen LogP contribution in [0, 0.1) is 0 Å². The number of carbonyl (C=O) groups is 1. The lowest BCUT2D eigenvalue weighted by Gasteiger charge is -2.35. The molecule has 182 valence electrons. The number of ether oxygens (including phenoxy) is 1. The third-order valence-electron chi connectivity index (χ3n) is 5.92. The first-order valence-electron chi connectivity index (χ1n) is 11.2. The first kappa shape index (κ1) is 23.9. The van der Waals surface area contributed by atoms with Gasteiger partial charge in [0.1, 0.15) is 16.0 Å². The maximum absolute atomic E-state index is 14.1. The number of hydrogen-bond donors (Lipinski definition) is 0. The molecule has 0 N–H and O–H groups in total. The number of thiophene rings is 1. The average Bonchev–Trinajstić information content (AvgIpc) is 3.58. The lowest BCUT2D eigenvalue weighted by atomic mass is 10.0. The van der Waals surface area contributed by atoms with E-state index in [9.17, 15) is 13.2 Å². The number of anilines is 1. The number of methoxy groups -OCH3 is 1. The molecule has 8 nitrogen and oxygen atoms in total. The van der Waals surface area contributed by atoms with Crippen LogP contribution in [0.4, 0.5) is 5.13 Å². The topological polar surface area (TPSA) is 92.7 Å². The zero-order valence-corrected chi connectivity index (χ0v) is 21.5. The van der Waals surface area contributed by atoms with E-state index in [1.807, 2.05) is 36.4 Å². The molecule has 1 aliphatic heterocycles. The van der Waals surface area contributed by atoms with Crippen molar-refractivity contribution in [3.63, 3.8) is 0 Å². The molecule has 1 atom stereocenters. The fraction of sp³-hybridized carbons (Fsp3) is 0.292. The van der Waals surface area contributed by atoms with E-state index in [-0.39, 0.29) is 16.7 Å². The largest absolute Gasteiger partial charge is 0.497 e. The Labute approximate surface area is 211 Å². The van der Waals surface area contributed by atoms with Crippen LogP contribution in [0.5, 0.6) is 5.75 Å². The van der Waals surface area contributed by atoms with Crippen molar-refractivity contribution in [2.24, 2.45) is 0 Å². The Balaban J connectivity index is 1.54. The van der Waals surface area contributed by atoms with Crippen LogP contribution in [-0.4, -0.2) is 48.3 Å². The van der Waals surface area contributed by atoms with Crippen LogP contribution in [0.1, 0.15) is 25.0 Å². The number of aromatic nitrogens is 2. The third kappa shape index (κ3) is 4.81. The number of pyridine rings is 1.